The molecule has 8 heteroatoms. The minimum Gasteiger partial charge on any atom is -0.367 e. The highest BCUT2D eigenvalue weighted by atomic mass is 16.6. The van der Waals surface area contributed by atoms with Gasteiger partial charge in [-0.3, -0.25) is 14.8 Å². The average molecular weight is 327 g/mol. The molecule has 2 heterocycles. The van der Waals surface area contributed by atoms with Crippen molar-refractivity contribution in [3.8, 4) is 6.07 Å². The third kappa shape index (κ3) is 2.81. The van der Waals surface area contributed by atoms with Crippen LogP contribution in [0.5, 0.6) is 0 Å². The third-order valence-electron chi connectivity index (χ3n) is 4.25. The maximum absolute atomic E-state index is 11.0. The lowest BCUT2D eigenvalue weighted by atomic mass is 9.96. The Morgan fingerprint density at radius 1 is 1.50 bits per heavy atom. The Balaban J connectivity index is 1.90. The zero-order valence-electron chi connectivity index (χ0n) is 13.5. The van der Waals surface area contributed by atoms with Gasteiger partial charge in [0.05, 0.1) is 24.3 Å². The van der Waals surface area contributed by atoms with Crippen molar-refractivity contribution < 1.29 is 9.66 Å². The van der Waals surface area contributed by atoms with E-state index in [2.05, 4.69) is 10.00 Å². The van der Waals surface area contributed by atoms with Crippen LogP contribution in [0.2, 0.25) is 0 Å². The molecular weight excluding hydrogens is 310 g/mol. The lowest BCUT2D eigenvalue weighted by molar-refractivity contribution is -0.385. The van der Waals surface area contributed by atoms with Gasteiger partial charge in [-0.1, -0.05) is 0 Å². The monoisotopic (exact) mass is 327 g/mol. The number of morpholine rings is 1. The number of aryl methyl sites for hydroxylation is 1. The first-order chi connectivity index (χ1) is 11.4. The van der Waals surface area contributed by atoms with E-state index in [1.165, 1.54) is 6.07 Å². The van der Waals surface area contributed by atoms with Crippen LogP contribution in [0.1, 0.15) is 18.1 Å². The minimum atomic E-state index is -0.540. The molecule has 1 fully saturated rings. The van der Waals surface area contributed by atoms with Crippen LogP contribution in [0.3, 0.4) is 0 Å². The van der Waals surface area contributed by atoms with Crippen molar-refractivity contribution in [2.45, 2.75) is 12.5 Å². The fourth-order valence-corrected chi connectivity index (χ4v) is 2.93. The number of hydrogen-bond acceptors (Lipinski definition) is 6. The zero-order chi connectivity index (χ0) is 17.3. The Hall–Kier alpha value is -2.92. The Morgan fingerprint density at radius 3 is 2.92 bits per heavy atom. The van der Waals surface area contributed by atoms with E-state index in [9.17, 15) is 10.1 Å². The summed E-state index contributed by atoms with van der Waals surface area (Å²) in [5, 5.41) is 24.3. The van der Waals surface area contributed by atoms with Gasteiger partial charge in [0, 0.05) is 37.1 Å². The number of ether oxygens (including phenoxy) is 1. The van der Waals surface area contributed by atoms with Crippen molar-refractivity contribution in [3.63, 3.8) is 0 Å². The molecule has 1 aromatic heterocycles. The van der Waals surface area contributed by atoms with Crippen LogP contribution in [0.4, 0.5) is 11.4 Å². The summed E-state index contributed by atoms with van der Waals surface area (Å²) >= 11 is 0. The van der Waals surface area contributed by atoms with Gasteiger partial charge in [0.25, 0.3) is 5.69 Å². The Morgan fingerprint density at radius 2 is 2.29 bits per heavy atom. The lowest BCUT2D eigenvalue weighted by Gasteiger charge is -2.41. The predicted molar refractivity (Wildman–Crippen MR) is 86.5 cm³/mol. The number of nitro groups is 1. The molecule has 1 aliphatic rings. The molecule has 8 nitrogen and oxygen atoms in total. The summed E-state index contributed by atoms with van der Waals surface area (Å²) < 4.78 is 7.69. The summed E-state index contributed by atoms with van der Waals surface area (Å²) in [5.74, 6) is 0. The highest BCUT2D eigenvalue weighted by molar-refractivity contribution is 5.60. The summed E-state index contributed by atoms with van der Waals surface area (Å²) in [6.07, 6.45) is 3.69. The molecule has 0 amide bonds. The van der Waals surface area contributed by atoms with E-state index >= 15 is 0 Å². The van der Waals surface area contributed by atoms with Gasteiger partial charge in [0.1, 0.15) is 17.2 Å². The summed E-state index contributed by atoms with van der Waals surface area (Å²) in [5.41, 5.74) is 1.10. The number of aromatic nitrogens is 2. The number of nitro benzene ring substituents is 1. The second kappa shape index (κ2) is 5.94. The number of hydrogen-bond donors (Lipinski definition) is 0. The van der Waals surface area contributed by atoms with E-state index < -0.39 is 10.5 Å². The number of nitrogens with zero attached hydrogens (tertiary/aromatic N) is 5. The Kier molecular flexibility index (Phi) is 3.95. The molecule has 1 unspecified atom stereocenters. The topological polar surface area (TPSA) is 97.2 Å². The SMILES string of the molecule is Cn1cc(C2(C)CN(c3ccc([N+](=O)[O-])c(C#N)c3)CCO2)cn1. The van der Waals surface area contributed by atoms with Crippen LogP contribution in [-0.4, -0.2) is 34.4 Å². The fraction of sp³-hybridized carbons (Fsp3) is 0.375. The molecule has 1 aromatic carbocycles. The number of rotatable bonds is 3. The van der Waals surface area contributed by atoms with Gasteiger partial charge < -0.3 is 9.64 Å². The standard InChI is InChI=1S/C16H17N5O3/c1-16(13-9-18-19(2)10-13)11-20(5-6-24-16)14-3-4-15(21(22)23)12(7-14)8-17/h3-4,7,9-10H,5-6,11H2,1-2H3. The van der Waals surface area contributed by atoms with Crippen LogP contribution in [0.25, 0.3) is 0 Å². The maximum Gasteiger partial charge on any atom is 0.287 e. The molecule has 0 spiro atoms. The molecule has 0 radical (unpaired) electrons. The maximum atomic E-state index is 11.0. The van der Waals surface area contributed by atoms with Gasteiger partial charge in [-0.25, -0.2) is 0 Å². The first-order valence-electron chi connectivity index (χ1n) is 7.49. The second-order valence-corrected chi connectivity index (χ2v) is 5.97. The second-order valence-electron chi connectivity index (χ2n) is 5.97. The summed E-state index contributed by atoms with van der Waals surface area (Å²) in [6.45, 7) is 3.73. The summed E-state index contributed by atoms with van der Waals surface area (Å²) in [6, 6.07) is 6.52. The van der Waals surface area contributed by atoms with Crippen molar-refractivity contribution in [2.75, 3.05) is 24.6 Å². The molecule has 24 heavy (non-hydrogen) atoms. The molecule has 2 aromatic rings. The highest BCUT2D eigenvalue weighted by Gasteiger charge is 2.35. The van der Waals surface area contributed by atoms with Crippen LogP contribution < -0.4 is 4.90 Å². The molecule has 3 rings (SSSR count). The Bertz CT molecular complexity index is 825. The molecular formula is C16H17N5O3. The van der Waals surface area contributed by atoms with Crippen LogP contribution in [0, 0.1) is 21.4 Å². The number of benzene rings is 1. The normalized spacial score (nSPS) is 20.6. The van der Waals surface area contributed by atoms with Gasteiger partial charge in [0.15, 0.2) is 0 Å². The summed E-state index contributed by atoms with van der Waals surface area (Å²) in [4.78, 5) is 12.5. The molecule has 124 valence electrons. The van der Waals surface area contributed by atoms with E-state index in [1.807, 2.05) is 26.2 Å². The van der Waals surface area contributed by atoms with Gasteiger partial charge in [-0.2, -0.15) is 10.4 Å². The van der Waals surface area contributed by atoms with Crippen molar-refractivity contribution in [1.82, 2.24) is 9.78 Å². The van der Waals surface area contributed by atoms with Gasteiger partial charge in [-0.15, -0.1) is 0 Å². The van der Waals surface area contributed by atoms with Crippen molar-refractivity contribution in [3.05, 3.63) is 51.8 Å². The van der Waals surface area contributed by atoms with E-state index in [0.29, 0.717) is 19.7 Å². The molecule has 1 saturated heterocycles. The van der Waals surface area contributed by atoms with E-state index in [0.717, 1.165) is 11.3 Å². The van der Waals surface area contributed by atoms with Crippen LogP contribution in [0.15, 0.2) is 30.6 Å². The molecule has 0 N–H and O–H groups in total. The third-order valence-corrected chi connectivity index (χ3v) is 4.25. The first kappa shape index (κ1) is 16.0. The van der Waals surface area contributed by atoms with Gasteiger partial charge >= 0.3 is 0 Å². The molecule has 1 atom stereocenters. The van der Waals surface area contributed by atoms with Crippen LogP contribution in [-0.2, 0) is 17.4 Å². The zero-order valence-corrected chi connectivity index (χ0v) is 13.5. The van der Waals surface area contributed by atoms with Crippen molar-refractivity contribution in [2.24, 2.45) is 7.05 Å². The number of anilines is 1. The average Bonchev–Trinajstić information content (AvgIpc) is 3.01. The first-order valence-corrected chi connectivity index (χ1v) is 7.49. The van der Waals surface area contributed by atoms with E-state index in [-0.39, 0.29) is 11.3 Å². The molecule has 0 saturated carbocycles. The Labute approximate surface area is 139 Å². The van der Waals surface area contributed by atoms with Crippen molar-refractivity contribution in [1.29, 1.82) is 5.26 Å². The molecule has 1 aliphatic heterocycles. The van der Waals surface area contributed by atoms with Gasteiger partial charge in [0.2, 0.25) is 0 Å². The highest BCUT2D eigenvalue weighted by Crippen LogP contribution is 2.33. The predicted octanol–water partition coefficient (Wildman–Crippen LogP) is 1.95. The molecule has 0 bridgehead atoms. The number of nitriles is 1. The smallest absolute Gasteiger partial charge is 0.287 e. The summed E-state index contributed by atoms with van der Waals surface area (Å²) in [7, 11) is 1.85. The minimum absolute atomic E-state index is 0.0621. The van der Waals surface area contributed by atoms with E-state index in [4.69, 9.17) is 10.00 Å². The van der Waals surface area contributed by atoms with Gasteiger partial charge in [-0.05, 0) is 19.1 Å². The fourth-order valence-electron chi connectivity index (χ4n) is 2.93. The molecule has 0 aliphatic carbocycles. The largest absolute Gasteiger partial charge is 0.367 e. The van der Waals surface area contributed by atoms with E-state index in [1.54, 1.807) is 23.0 Å². The van der Waals surface area contributed by atoms with Crippen molar-refractivity contribution >= 4 is 11.4 Å². The van der Waals surface area contributed by atoms with Crippen LogP contribution >= 0.6 is 0 Å². The lowest BCUT2D eigenvalue weighted by Crippen LogP contribution is -2.48. The quantitative estimate of drug-likeness (QED) is 0.631.